The van der Waals surface area contributed by atoms with Crippen molar-refractivity contribution in [3.8, 4) is 17.0 Å². The van der Waals surface area contributed by atoms with Gasteiger partial charge in [0.1, 0.15) is 12.1 Å². The van der Waals surface area contributed by atoms with Gasteiger partial charge in [-0.05, 0) is 25.1 Å². The van der Waals surface area contributed by atoms with Crippen molar-refractivity contribution >= 4 is 11.6 Å². The summed E-state index contributed by atoms with van der Waals surface area (Å²) in [4.78, 5) is 4.22. The minimum atomic E-state index is 0.561. The fourth-order valence-electron chi connectivity index (χ4n) is 1.52. The lowest BCUT2D eigenvalue weighted by Crippen LogP contribution is -2.07. The zero-order chi connectivity index (χ0) is 11.7. The van der Waals surface area contributed by atoms with E-state index in [9.17, 15) is 0 Å². The van der Waals surface area contributed by atoms with Crippen LogP contribution in [0.15, 0.2) is 24.5 Å². The lowest BCUT2D eigenvalue weighted by atomic mass is 10.1. The summed E-state index contributed by atoms with van der Waals surface area (Å²) >= 11 is 6.05. The second-order valence-corrected chi connectivity index (χ2v) is 3.84. The van der Waals surface area contributed by atoms with Crippen LogP contribution in [-0.4, -0.2) is 16.8 Å². The number of benzene rings is 1. The van der Waals surface area contributed by atoms with Gasteiger partial charge in [0, 0.05) is 5.56 Å². The molecule has 16 heavy (non-hydrogen) atoms. The number of methoxy groups -OCH3 is 1. The quantitative estimate of drug-likeness (QED) is 0.815. The summed E-state index contributed by atoms with van der Waals surface area (Å²) in [7, 11) is 1.58. The zero-order valence-corrected chi connectivity index (χ0v) is 9.82. The first kappa shape index (κ1) is 10.8. The monoisotopic (exact) mass is 237 g/mol. The molecular formula is C11H12ClN3O. The Labute approximate surface area is 98.6 Å². The number of nitrogens with two attached hydrogens (primary N) is 1. The molecule has 0 fully saturated rings. The van der Waals surface area contributed by atoms with Crippen LogP contribution in [0.4, 0.5) is 0 Å². The van der Waals surface area contributed by atoms with Crippen LogP contribution in [0.25, 0.3) is 11.3 Å². The standard InChI is InChI=1S/C11H12ClN3O/c1-7-11(14-6-15(7)13)8-3-4-10(16-2)9(12)5-8/h3-6H,13H2,1-2H3. The maximum absolute atomic E-state index is 6.05. The molecule has 0 atom stereocenters. The molecule has 2 N–H and O–H groups in total. The number of hydrogen-bond donors (Lipinski definition) is 1. The molecule has 0 bridgehead atoms. The van der Waals surface area contributed by atoms with Gasteiger partial charge in [-0.2, -0.15) is 0 Å². The number of aromatic nitrogens is 2. The van der Waals surface area contributed by atoms with Crippen LogP contribution in [-0.2, 0) is 0 Å². The van der Waals surface area contributed by atoms with Crippen molar-refractivity contribution in [1.29, 1.82) is 0 Å². The van der Waals surface area contributed by atoms with Crippen LogP contribution in [0.3, 0.4) is 0 Å². The Balaban J connectivity index is 2.49. The number of imidazole rings is 1. The first-order valence-electron chi connectivity index (χ1n) is 4.76. The van der Waals surface area contributed by atoms with Crippen molar-refractivity contribution < 1.29 is 4.74 Å². The topological polar surface area (TPSA) is 53.1 Å². The lowest BCUT2D eigenvalue weighted by molar-refractivity contribution is 0.415. The highest BCUT2D eigenvalue weighted by Gasteiger charge is 2.09. The number of ether oxygens (including phenoxy) is 1. The number of hydrogen-bond acceptors (Lipinski definition) is 3. The normalized spacial score (nSPS) is 10.4. The Morgan fingerprint density at radius 1 is 1.44 bits per heavy atom. The molecule has 84 valence electrons. The van der Waals surface area contributed by atoms with E-state index in [2.05, 4.69) is 4.98 Å². The summed E-state index contributed by atoms with van der Waals surface area (Å²) in [5.74, 6) is 6.32. The maximum atomic E-state index is 6.05. The van der Waals surface area contributed by atoms with Gasteiger partial charge in [0.15, 0.2) is 0 Å². The summed E-state index contributed by atoms with van der Waals surface area (Å²) in [6, 6.07) is 5.53. The molecule has 2 aromatic rings. The number of rotatable bonds is 2. The number of nitrogens with zero attached hydrogens (tertiary/aromatic N) is 2. The maximum Gasteiger partial charge on any atom is 0.137 e. The van der Waals surface area contributed by atoms with E-state index in [1.807, 2.05) is 25.1 Å². The molecule has 0 aliphatic carbocycles. The van der Waals surface area contributed by atoms with Crippen molar-refractivity contribution in [3.63, 3.8) is 0 Å². The summed E-state index contributed by atoms with van der Waals surface area (Å²) in [5, 5.41) is 0.561. The van der Waals surface area contributed by atoms with Crippen molar-refractivity contribution in [2.45, 2.75) is 6.92 Å². The molecule has 0 amide bonds. The Morgan fingerprint density at radius 3 is 2.69 bits per heavy atom. The van der Waals surface area contributed by atoms with Gasteiger partial charge in [0.2, 0.25) is 0 Å². The van der Waals surface area contributed by atoms with E-state index in [1.165, 1.54) is 4.68 Å². The molecule has 0 saturated heterocycles. The smallest absolute Gasteiger partial charge is 0.137 e. The molecule has 0 aliphatic heterocycles. The van der Waals surface area contributed by atoms with E-state index in [0.29, 0.717) is 10.8 Å². The Hall–Kier alpha value is -1.68. The third-order valence-corrected chi connectivity index (χ3v) is 2.76. The molecule has 1 heterocycles. The summed E-state index contributed by atoms with van der Waals surface area (Å²) < 4.78 is 6.57. The van der Waals surface area contributed by atoms with Crippen molar-refractivity contribution in [2.24, 2.45) is 0 Å². The highest BCUT2D eigenvalue weighted by molar-refractivity contribution is 6.32. The van der Waals surface area contributed by atoms with Gasteiger partial charge in [0.25, 0.3) is 0 Å². The van der Waals surface area contributed by atoms with Crippen molar-refractivity contribution in [1.82, 2.24) is 9.66 Å². The highest BCUT2D eigenvalue weighted by Crippen LogP contribution is 2.30. The van der Waals surface area contributed by atoms with Gasteiger partial charge in [-0.1, -0.05) is 11.6 Å². The van der Waals surface area contributed by atoms with Gasteiger partial charge < -0.3 is 10.6 Å². The SMILES string of the molecule is COc1ccc(-c2ncn(N)c2C)cc1Cl. The minimum absolute atomic E-state index is 0.561. The third kappa shape index (κ3) is 1.72. The van der Waals surface area contributed by atoms with Gasteiger partial charge in [0.05, 0.1) is 23.5 Å². The van der Waals surface area contributed by atoms with Crippen LogP contribution < -0.4 is 10.6 Å². The van der Waals surface area contributed by atoms with Crippen LogP contribution >= 0.6 is 11.6 Å². The predicted octanol–water partition coefficient (Wildman–Crippen LogP) is 2.23. The van der Waals surface area contributed by atoms with E-state index in [4.69, 9.17) is 22.2 Å². The average Bonchev–Trinajstić information content (AvgIpc) is 2.60. The van der Waals surface area contributed by atoms with Gasteiger partial charge >= 0.3 is 0 Å². The Morgan fingerprint density at radius 2 is 2.19 bits per heavy atom. The first-order valence-corrected chi connectivity index (χ1v) is 5.14. The van der Waals surface area contributed by atoms with E-state index >= 15 is 0 Å². The predicted molar refractivity (Wildman–Crippen MR) is 64.1 cm³/mol. The van der Waals surface area contributed by atoms with Crippen molar-refractivity contribution in [3.05, 3.63) is 35.2 Å². The lowest BCUT2D eigenvalue weighted by Gasteiger charge is -2.05. The molecule has 5 heteroatoms. The summed E-state index contributed by atoms with van der Waals surface area (Å²) in [6.07, 6.45) is 1.57. The summed E-state index contributed by atoms with van der Waals surface area (Å²) in [6.45, 7) is 1.90. The van der Waals surface area contributed by atoms with Crippen molar-refractivity contribution in [2.75, 3.05) is 13.0 Å². The largest absolute Gasteiger partial charge is 0.495 e. The molecule has 4 nitrogen and oxygen atoms in total. The second kappa shape index (κ2) is 4.06. The van der Waals surface area contributed by atoms with Gasteiger partial charge in [-0.15, -0.1) is 0 Å². The fourth-order valence-corrected chi connectivity index (χ4v) is 1.78. The van der Waals surface area contributed by atoms with E-state index in [-0.39, 0.29) is 0 Å². The Kier molecular flexibility index (Phi) is 2.75. The third-order valence-electron chi connectivity index (χ3n) is 2.47. The van der Waals surface area contributed by atoms with E-state index < -0.39 is 0 Å². The van der Waals surface area contributed by atoms with Gasteiger partial charge in [-0.25, -0.2) is 4.98 Å². The van der Waals surface area contributed by atoms with Crippen LogP contribution in [0.2, 0.25) is 5.02 Å². The average molecular weight is 238 g/mol. The van der Waals surface area contributed by atoms with E-state index in [1.54, 1.807) is 13.4 Å². The highest BCUT2D eigenvalue weighted by atomic mass is 35.5. The molecule has 0 aliphatic rings. The summed E-state index contributed by atoms with van der Waals surface area (Å²) in [5.41, 5.74) is 2.64. The Bertz CT molecular complexity index is 522. The molecule has 0 spiro atoms. The second-order valence-electron chi connectivity index (χ2n) is 3.44. The molecule has 0 radical (unpaired) electrons. The van der Waals surface area contributed by atoms with Crippen LogP contribution in [0.5, 0.6) is 5.75 Å². The molecule has 0 unspecified atom stereocenters. The van der Waals surface area contributed by atoms with Crippen LogP contribution in [0.1, 0.15) is 5.69 Å². The van der Waals surface area contributed by atoms with Gasteiger partial charge in [-0.3, -0.25) is 4.68 Å². The van der Waals surface area contributed by atoms with E-state index in [0.717, 1.165) is 17.0 Å². The van der Waals surface area contributed by atoms with Crippen LogP contribution in [0, 0.1) is 6.92 Å². The first-order chi connectivity index (χ1) is 7.63. The molecule has 1 aromatic carbocycles. The zero-order valence-electron chi connectivity index (χ0n) is 9.07. The number of nitrogen functional groups attached to an aromatic ring is 1. The number of halogens is 1. The molecule has 1 aromatic heterocycles. The molecule has 0 saturated carbocycles. The minimum Gasteiger partial charge on any atom is -0.495 e. The molecular weight excluding hydrogens is 226 g/mol. The molecule has 2 rings (SSSR count). The fraction of sp³-hybridized carbons (Fsp3) is 0.182.